The smallest absolute Gasteiger partial charge is 0.128 e. The zero-order valence-corrected chi connectivity index (χ0v) is 15.3. The number of hydrogen-bond donors (Lipinski definition) is 0. The average molecular weight is 381 g/mol. The van der Waals surface area contributed by atoms with Gasteiger partial charge in [0.05, 0.1) is 5.69 Å². The van der Waals surface area contributed by atoms with Gasteiger partial charge in [0.2, 0.25) is 0 Å². The molecule has 0 atom stereocenters. The Morgan fingerprint density at radius 3 is 2.46 bits per heavy atom. The second-order valence-corrected chi connectivity index (χ2v) is 7.21. The number of rotatable bonds is 4. The van der Waals surface area contributed by atoms with Gasteiger partial charge in [-0.1, -0.05) is 65.8 Å². The van der Waals surface area contributed by atoms with Gasteiger partial charge in [0.25, 0.3) is 0 Å². The molecule has 0 N–H and O–H groups in total. The molecular weight excluding hydrogens is 367 g/mol. The van der Waals surface area contributed by atoms with Crippen LogP contribution in [0.4, 0.5) is 4.39 Å². The van der Waals surface area contributed by atoms with E-state index in [2.05, 4.69) is 34.5 Å². The molecule has 3 aromatic carbocycles. The first-order chi connectivity index (χ1) is 12.7. The number of halogens is 2. The Kier molecular flexibility index (Phi) is 4.87. The van der Waals surface area contributed by atoms with E-state index in [0.29, 0.717) is 16.3 Å². The standard InChI is InChI=1S/C21H14ClFN2S/c22-18-6-3-7-19(23)17(18)13-26-21-11-10-20(24-25-21)16-9-8-14-4-1-2-5-15(14)12-16/h1-12H,13H2. The van der Waals surface area contributed by atoms with Crippen molar-refractivity contribution < 1.29 is 4.39 Å². The van der Waals surface area contributed by atoms with E-state index >= 15 is 0 Å². The lowest BCUT2D eigenvalue weighted by atomic mass is 10.1. The molecule has 0 fully saturated rings. The van der Waals surface area contributed by atoms with Crippen LogP contribution in [0.25, 0.3) is 22.0 Å². The van der Waals surface area contributed by atoms with E-state index in [4.69, 9.17) is 11.6 Å². The lowest BCUT2D eigenvalue weighted by molar-refractivity contribution is 0.617. The lowest BCUT2D eigenvalue weighted by Crippen LogP contribution is -1.92. The summed E-state index contributed by atoms with van der Waals surface area (Å²) in [6.07, 6.45) is 0. The second kappa shape index (κ2) is 7.44. The fourth-order valence-corrected chi connectivity index (χ4v) is 3.87. The quantitative estimate of drug-likeness (QED) is 0.384. The molecule has 0 spiro atoms. The predicted molar refractivity (Wildman–Crippen MR) is 106 cm³/mol. The minimum atomic E-state index is -0.300. The summed E-state index contributed by atoms with van der Waals surface area (Å²) in [5.74, 6) is 0.112. The fourth-order valence-electron chi connectivity index (χ4n) is 2.72. The van der Waals surface area contributed by atoms with Crippen molar-refractivity contribution in [2.45, 2.75) is 10.8 Å². The van der Waals surface area contributed by atoms with Gasteiger partial charge in [-0.15, -0.1) is 10.2 Å². The van der Waals surface area contributed by atoms with E-state index in [1.165, 1.54) is 28.6 Å². The summed E-state index contributed by atoms with van der Waals surface area (Å²) in [6, 6.07) is 23.0. The molecule has 0 aliphatic carbocycles. The number of thioether (sulfide) groups is 1. The highest BCUT2D eigenvalue weighted by Crippen LogP contribution is 2.28. The highest BCUT2D eigenvalue weighted by Gasteiger charge is 2.09. The molecule has 0 unspecified atom stereocenters. The van der Waals surface area contributed by atoms with Crippen LogP contribution >= 0.6 is 23.4 Å². The molecule has 1 heterocycles. The molecule has 0 saturated heterocycles. The highest BCUT2D eigenvalue weighted by atomic mass is 35.5. The van der Waals surface area contributed by atoms with E-state index in [9.17, 15) is 4.39 Å². The Morgan fingerprint density at radius 1 is 0.846 bits per heavy atom. The van der Waals surface area contributed by atoms with E-state index in [0.717, 1.165) is 16.3 Å². The van der Waals surface area contributed by atoms with Gasteiger partial charge in [0, 0.05) is 21.9 Å². The van der Waals surface area contributed by atoms with Crippen LogP contribution in [0, 0.1) is 5.82 Å². The summed E-state index contributed by atoms with van der Waals surface area (Å²) in [7, 11) is 0. The largest absolute Gasteiger partial charge is 0.207 e. The molecule has 4 rings (SSSR count). The van der Waals surface area contributed by atoms with Crippen molar-refractivity contribution in [1.29, 1.82) is 0 Å². The Hall–Kier alpha value is -2.43. The number of nitrogens with zero attached hydrogens (tertiary/aromatic N) is 2. The third-order valence-electron chi connectivity index (χ3n) is 4.11. The van der Waals surface area contributed by atoms with Crippen molar-refractivity contribution in [3.63, 3.8) is 0 Å². The zero-order valence-electron chi connectivity index (χ0n) is 13.7. The summed E-state index contributed by atoms with van der Waals surface area (Å²) in [5.41, 5.74) is 2.31. The maximum atomic E-state index is 13.8. The van der Waals surface area contributed by atoms with E-state index in [1.807, 2.05) is 30.3 Å². The van der Waals surface area contributed by atoms with Gasteiger partial charge in [-0.05, 0) is 41.1 Å². The summed E-state index contributed by atoms with van der Waals surface area (Å²) >= 11 is 7.47. The monoisotopic (exact) mass is 380 g/mol. The van der Waals surface area contributed by atoms with E-state index in [-0.39, 0.29) is 5.82 Å². The topological polar surface area (TPSA) is 25.8 Å². The number of aromatic nitrogens is 2. The van der Waals surface area contributed by atoms with Crippen LogP contribution in [0.1, 0.15) is 5.56 Å². The Balaban J connectivity index is 1.52. The van der Waals surface area contributed by atoms with Crippen LogP contribution in [0.5, 0.6) is 0 Å². The normalized spacial score (nSPS) is 11.0. The molecular formula is C21H14ClFN2S. The van der Waals surface area contributed by atoms with Crippen LogP contribution in [0.15, 0.2) is 77.8 Å². The molecule has 5 heteroatoms. The molecule has 1 aromatic heterocycles. The lowest BCUT2D eigenvalue weighted by Gasteiger charge is -2.06. The highest BCUT2D eigenvalue weighted by molar-refractivity contribution is 7.98. The van der Waals surface area contributed by atoms with Gasteiger partial charge in [-0.3, -0.25) is 0 Å². The van der Waals surface area contributed by atoms with Crippen molar-refractivity contribution in [2.75, 3.05) is 0 Å². The summed E-state index contributed by atoms with van der Waals surface area (Å²) < 4.78 is 13.8. The Labute approximate surface area is 160 Å². The van der Waals surface area contributed by atoms with Crippen molar-refractivity contribution in [3.8, 4) is 11.3 Å². The van der Waals surface area contributed by atoms with E-state index < -0.39 is 0 Å². The van der Waals surface area contributed by atoms with Gasteiger partial charge in [0.1, 0.15) is 10.8 Å². The number of benzene rings is 3. The molecule has 4 aromatic rings. The van der Waals surface area contributed by atoms with Gasteiger partial charge in [-0.25, -0.2) is 4.39 Å². The molecule has 26 heavy (non-hydrogen) atoms. The first-order valence-corrected chi connectivity index (χ1v) is 9.46. The Bertz CT molecular complexity index is 1050. The molecule has 0 saturated carbocycles. The average Bonchev–Trinajstić information content (AvgIpc) is 2.68. The van der Waals surface area contributed by atoms with Crippen LogP contribution in [0.2, 0.25) is 5.02 Å². The first kappa shape index (κ1) is 17.0. The molecule has 0 amide bonds. The van der Waals surface area contributed by atoms with Crippen LogP contribution in [0.3, 0.4) is 0 Å². The molecule has 0 radical (unpaired) electrons. The molecule has 2 nitrogen and oxygen atoms in total. The number of hydrogen-bond acceptors (Lipinski definition) is 3. The molecule has 0 aliphatic heterocycles. The maximum absolute atomic E-state index is 13.8. The van der Waals surface area contributed by atoms with Crippen LogP contribution in [-0.4, -0.2) is 10.2 Å². The van der Waals surface area contributed by atoms with Gasteiger partial charge in [-0.2, -0.15) is 0 Å². The van der Waals surface area contributed by atoms with Crippen molar-refractivity contribution in [3.05, 3.63) is 89.2 Å². The minimum Gasteiger partial charge on any atom is -0.207 e. The summed E-state index contributed by atoms with van der Waals surface area (Å²) in [5, 5.41) is 12.1. The zero-order chi connectivity index (χ0) is 17.9. The third kappa shape index (κ3) is 3.57. The van der Waals surface area contributed by atoms with Crippen molar-refractivity contribution in [2.24, 2.45) is 0 Å². The molecule has 0 aliphatic rings. The van der Waals surface area contributed by atoms with E-state index in [1.54, 1.807) is 12.1 Å². The first-order valence-electron chi connectivity index (χ1n) is 8.09. The number of fused-ring (bicyclic) bond motifs is 1. The predicted octanol–water partition coefficient (Wildman–Crippen LogP) is 6.38. The minimum absolute atomic E-state index is 0.300. The summed E-state index contributed by atoms with van der Waals surface area (Å²) in [4.78, 5) is 0. The van der Waals surface area contributed by atoms with Crippen LogP contribution in [-0.2, 0) is 5.75 Å². The van der Waals surface area contributed by atoms with Crippen LogP contribution < -0.4 is 0 Å². The Morgan fingerprint density at radius 2 is 1.69 bits per heavy atom. The van der Waals surface area contributed by atoms with Crippen molar-refractivity contribution in [1.82, 2.24) is 10.2 Å². The van der Waals surface area contributed by atoms with Gasteiger partial charge >= 0.3 is 0 Å². The SMILES string of the molecule is Fc1cccc(Cl)c1CSc1ccc(-c2ccc3ccccc3c2)nn1. The van der Waals surface area contributed by atoms with Gasteiger partial charge in [0.15, 0.2) is 0 Å². The summed E-state index contributed by atoms with van der Waals surface area (Å²) in [6.45, 7) is 0. The third-order valence-corrected chi connectivity index (χ3v) is 5.41. The van der Waals surface area contributed by atoms with Crippen molar-refractivity contribution >= 4 is 34.1 Å². The fraction of sp³-hybridized carbons (Fsp3) is 0.0476. The second-order valence-electron chi connectivity index (χ2n) is 5.81. The molecule has 128 valence electrons. The maximum Gasteiger partial charge on any atom is 0.128 e. The molecule has 0 bridgehead atoms. The van der Waals surface area contributed by atoms with Gasteiger partial charge < -0.3 is 0 Å².